The monoisotopic (exact) mass is 587 g/mol. The lowest BCUT2D eigenvalue weighted by atomic mass is 9.96. The minimum absolute atomic E-state index is 0.625. The Labute approximate surface area is 264 Å². The van der Waals surface area contributed by atoms with E-state index in [1.165, 1.54) is 33.0 Å². The SMILES string of the molecule is c1ccc(-c2nc(-c3cccc4c3-c3ccc5ccccc5c3C4)nc(-c3cccc4oc5c6ccccc6ccc5c34)n2)cc1. The molecule has 0 aliphatic heterocycles. The standard InChI is InChI=1S/C42H25N3O/c1-2-12-27(13-3-1)40-43-41(33-17-8-14-28-24-35-29-15-6-4-10-25(29)20-22-31(35)37(28)33)45-42(44-40)34-18-9-19-36-38(34)32-23-21-26-11-5-7-16-30(26)39(32)46-36/h1-23H,24H2. The minimum Gasteiger partial charge on any atom is -0.455 e. The summed E-state index contributed by atoms with van der Waals surface area (Å²) in [6.45, 7) is 0. The van der Waals surface area contributed by atoms with Crippen LogP contribution in [0.5, 0.6) is 0 Å². The summed E-state index contributed by atoms with van der Waals surface area (Å²) in [6, 6.07) is 48.6. The molecule has 0 spiro atoms. The summed E-state index contributed by atoms with van der Waals surface area (Å²) >= 11 is 0. The van der Waals surface area contributed by atoms with Gasteiger partial charge in [0.05, 0.1) is 0 Å². The van der Waals surface area contributed by atoms with Crippen molar-refractivity contribution in [3.05, 3.63) is 151 Å². The highest BCUT2D eigenvalue weighted by Crippen LogP contribution is 2.45. The molecule has 0 amide bonds. The van der Waals surface area contributed by atoms with Crippen LogP contribution < -0.4 is 0 Å². The van der Waals surface area contributed by atoms with Gasteiger partial charge in [0, 0.05) is 32.8 Å². The van der Waals surface area contributed by atoms with E-state index in [0.29, 0.717) is 17.5 Å². The predicted octanol–water partition coefficient (Wildman–Crippen LogP) is 10.6. The van der Waals surface area contributed by atoms with Gasteiger partial charge >= 0.3 is 0 Å². The second-order valence-electron chi connectivity index (χ2n) is 11.9. The molecular formula is C42H25N3O. The highest BCUT2D eigenvalue weighted by Gasteiger charge is 2.26. The van der Waals surface area contributed by atoms with E-state index in [1.807, 2.05) is 30.3 Å². The molecule has 0 N–H and O–H groups in total. The predicted molar refractivity (Wildman–Crippen MR) is 187 cm³/mol. The van der Waals surface area contributed by atoms with Crippen LogP contribution in [0.25, 0.3) is 88.8 Å². The summed E-state index contributed by atoms with van der Waals surface area (Å²) < 4.78 is 6.52. The molecule has 1 aliphatic rings. The van der Waals surface area contributed by atoms with Crippen molar-refractivity contribution < 1.29 is 4.42 Å². The van der Waals surface area contributed by atoms with Crippen molar-refractivity contribution in [3.8, 4) is 45.3 Å². The molecule has 1 aliphatic carbocycles. The van der Waals surface area contributed by atoms with E-state index in [9.17, 15) is 0 Å². The summed E-state index contributed by atoms with van der Waals surface area (Å²) in [5.41, 5.74) is 9.69. The first-order valence-electron chi connectivity index (χ1n) is 15.6. The fourth-order valence-corrected chi connectivity index (χ4v) is 7.28. The van der Waals surface area contributed by atoms with Crippen molar-refractivity contribution in [2.45, 2.75) is 6.42 Å². The van der Waals surface area contributed by atoms with E-state index in [4.69, 9.17) is 19.4 Å². The topological polar surface area (TPSA) is 51.8 Å². The van der Waals surface area contributed by atoms with Gasteiger partial charge in [0.1, 0.15) is 11.2 Å². The maximum Gasteiger partial charge on any atom is 0.164 e. The summed E-state index contributed by atoms with van der Waals surface area (Å²) in [5, 5.41) is 6.86. The lowest BCUT2D eigenvalue weighted by molar-refractivity contribution is 0.672. The van der Waals surface area contributed by atoms with Crippen molar-refractivity contribution in [1.82, 2.24) is 15.0 Å². The third-order valence-corrected chi connectivity index (χ3v) is 9.36. The van der Waals surface area contributed by atoms with Crippen molar-refractivity contribution in [1.29, 1.82) is 0 Å². The van der Waals surface area contributed by atoms with E-state index < -0.39 is 0 Å². The van der Waals surface area contributed by atoms with Gasteiger partial charge in [-0.25, -0.2) is 15.0 Å². The number of fused-ring (bicyclic) bond motifs is 10. The van der Waals surface area contributed by atoms with Crippen molar-refractivity contribution in [2.24, 2.45) is 0 Å². The van der Waals surface area contributed by atoms with E-state index in [0.717, 1.165) is 55.8 Å². The van der Waals surface area contributed by atoms with Crippen LogP contribution >= 0.6 is 0 Å². The minimum atomic E-state index is 0.625. The molecule has 2 heterocycles. The van der Waals surface area contributed by atoms with Crippen LogP contribution in [-0.2, 0) is 6.42 Å². The lowest BCUT2D eigenvalue weighted by Crippen LogP contribution is -2.01. The van der Waals surface area contributed by atoms with E-state index >= 15 is 0 Å². The second-order valence-corrected chi connectivity index (χ2v) is 11.9. The molecule has 4 heteroatoms. The van der Waals surface area contributed by atoms with E-state index in [1.54, 1.807) is 0 Å². The van der Waals surface area contributed by atoms with E-state index in [2.05, 4.69) is 109 Å². The highest BCUT2D eigenvalue weighted by atomic mass is 16.3. The molecule has 9 aromatic rings. The average molecular weight is 588 g/mol. The zero-order chi connectivity index (χ0) is 30.2. The molecule has 0 radical (unpaired) electrons. The van der Waals surface area contributed by atoms with Crippen LogP contribution in [-0.4, -0.2) is 15.0 Å². The molecule has 0 bridgehead atoms. The third-order valence-electron chi connectivity index (χ3n) is 9.36. The third kappa shape index (κ3) is 3.71. The molecule has 214 valence electrons. The summed E-state index contributed by atoms with van der Waals surface area (Å²) in [4.78, 5) is 15.5. The molecule has 4 nitrogen and oxygen atoms in total. The molecule has 0 fully saturated rings. The highest BCUT2D eigenvalue weighted by molar-refractivity contribution is 6.18. The maximum absolute atomic E-state index is 6.52. The van der Waals surface area contributed by atoms with Gasteiger partial charge in [-0.2, -0.15) is 0 Å². The quantitative estimate of drug-likeness (QED) is 0.206. The first kappa shape index (κ1) is 25.2. The van der Waals surface area contributed by atoms with Crippen LogP contribution in [0.15, 0.2) is 144 Å². The normalized spacial score (nSPS) is 12.3. The maximum atomic E-state index is 6.52. The van der Waals surface area contributed by atoms with Gasteiger partial charge in [0.25, 0.3) is 0 Å². The van der Waals surface area contributed by atoms with Crippen molar-refractivity contribution >= 4 is 43.5 Å². The molecule has 0 saturated heterocycles. The summed E-state index contributed by atoms with van der Waals surface area (Å²) in [6.07, 6.45) is 0.887. The van der Waals surface area contributed by atoms with Gasteiger partial charge in [-0.05, 0) is 57.0 Å². The summed E-state index contributed by atoms with van der Waals surface area (Å²) in [5.74, 6) is 1.93. The Bertz CT molecular complexity index is 2670. The Balaban J connectivity index is 1.24. The molecule has 10 rings (SSSR count). The van der Waals surface area contributed by atoms with Crippen LogP contribution in [0, 0.1) is 0 Å². The Morgan fingerprint density at radius 2 is 1.13 bits per heavy atom. The first-order chi connectivity index (χ1) is 22.8. The number of hydrogen-bond acceptors (Lipinski definition) is 4. The van der Waals surface area contributed by atoms with Gasteiger partial charge in [0.15, 0.2) is 17.5 Å². The lowest BCUT2D eigenvalue weighted by Gasteiger charge is -2.13. The zero-order valence-electron chi connectivity index (χ0n) is 24.7. The zero-order valence-corrected chi connectivity index (χ0v) is 24.7. The van der Waals surface area contributed by atoms with Gasteiger partial charge in [0.2, 0.25) is 0 Å². The van der Waals surface area contributed by atoms with Crippen LogP contribution in [0.2, 0.25) is 0 Å². The fraction of sp³-hybridized carbons (Fsp3) is 0.0238. The molecular weight excluding hydrogens is 562 g/mol. The number of furan rings is 1. The molecule has 2 aromatic heterocycles. The number of nitrogens with zero attached hydrogens (tertiary/aromatic N) is 3. The van der Waals surface area contributed by atoms with Crippen LogP contribution in [0.3, 0.4) is 0 Å². The van der Waals surface area contributed by atoms with Gasteiger partial charge in [-0.15, -0.1) is 0 Å². The van der Waals surface area contributed by atoms with Gasteiger partial charge in [-0.1, -0.05) is 127 Å². The largest absolute Gasteiger partial charge is 0.455 e. The Hall–Kier alpha value is -6.13. The molecule has 46 heavy (non-hydrogen) atoms. The van der Waals surface area contributed by atoms with Crippen LogP contribution in [0.1, 0.15) is 11.1 Å². The van der Waals surface area contributed by atoms with Crippen LogP contribution in [0.4, 0.5) is 0 Å². The number of hydrogen-bond donors (Lipinski definition) is 0. The Morgan fingerprint density at radius 1 is 0.457 bits per heavy atom. The number of aromatic nitrogens is 3. The molecule has 7 aromatic carbocycles. The number of benzene rings is 7. The Morgan fingerprint density at radius 3 is 2.00 bits per heavy atom. The average Bonchev–Trinajstić information content (AvgIpc) is 3.71. The smallest absolute Gasteiger partial charge is 0.164 e. The van der Waals surface area contributed by atoms with Gasteiger partial charge < -0.3 is 4.42 Å². The number of rotatable bonds is 3. The van der Waals surface area contributed by atoms with Gasteiger partial charge in [-0.3, -0.25) is 0 Å². The molecule has 0 saturated carbocycles. The Kier molecular flexibility index (Phi) is 5.31. The molecule has 0 unspecified atom stereocenters. The summed E-state index contributed by atoms with van der Waals surface area (Å²) in [7, 11) is 0. The van der Waals surface area contributed by atoms with E-state index in [-0.39, 0.29) is 0 Å². The fourth-order valence-electron chi connectivity index (χ4n) is 7.28. The van der Waals surface area contributed by atoms with Crippen molar-refractivity contribution in [3.63, 3.8) is 0 Å². The second kappa shape index (κ2) is 9.68. The van der Waals surface area contributed by atoms with Crippen molar-refractivity contribution in [2.75, 3.05) is 0 Å². The molecule has 0 atom stereocenters. The first-order valence-corrected chi connectivity index (χ1v) is 15.6.